The zero-order valence-electron chi connectivity index (χ0n) is 16.1. The fraction of sp³-hybridized carbons (Fsp3) is 0.100. The largest absolute Gasteiger partial charge is 0.494 e. The highest BCUT2D eigenvalue weighted by Crippen LogP contribution is 2.34. The molecule has 0 radical (unpaired) electrons. The number of H-pyrrole nitrogens is 2. The fourth-order valence-corrected chi connectivity index (χ4v) is 2.97. The van der Waals surface area contributed by atoms with Gasteiger partial charge >= 0.3 is 0 Å². The third kappa shape index (κ3) is 3.53. The van der Waals surface area contributed by atoms with Crippen LogP contribution in [-0.2, 0) is 0 Å². The Kier molecular flexibility index (Phi) is 5.04. The standard InChI is InChI=1S/C20H18N6O4/c1-29-13-8-5-9-14(30-2)15(13)25-18(27)16-17(22-10-21-16)19(28)26-20-23-11-6-3-4-7-12(11)24-20/h3-10H,1-2H3,(H,21,22)(H,25,27)(H2,23,24,26,28). The van der Waals surface area contributed by atoms with Crippen LogP contribution in [0.5, 0.6) is 11.5 Å². The number of imidazole rings is 2. The van der Waals surface area contributed by atoms with Crippen molar-refractivity contribution in [3.05, 3.63) is 60.2 Å². The highest BCUT2D eigenvalue weighted by atomic mass is 16.5. The number of methoxy groups -OCH3 is 2. The van der Waals surface area contributed by atoms with Crippen LogP contribution in [0.25, 0.3) is 11.0 Å². The molecule has 0 bridgehead atoms. The van der Waals surface area contributed by atoms with Gasteiger partial charge in [0.2, 0.25) is 5.95 Å². The summed E-state index contributed by atoms with van der Waals surface area (Å²) < 4.78 is 10.6. The van der Waals surface area contributed by atoms with E-state index in [1.165, 1.54) is 20.5 Å². The van der Waals surface area contributed by atoms with Crippen LogP contribution in [0.15, 0.2) is 48.8 Å². The molecule has 0 aliphatic heterocycles. The molecule has 0 aliphatic carbocycles. The minimum absolute atomic E-state index is 0.0122. The molecule has 4 aromatic rings. The number of carbonyl (C=O) groups excluding carboxylic acids is 2. The Labute approximate surface area is 170 Å². The summed E-state index contributed by atoms with van der Waals surface area (Å²) in [6, 6.07) is 12.4. The van der Waals surface area contributed by atoms with Gasteiger partial charge in [0.15, 0.2) is 5.69 Å². The number of hydrogen-bond donors (Lipinski definition) is 4. The van der Waals surface area contributed by atoms with Crippen molar-refractivity contribution in [3.63, 3.8) is 0 Å². The molecule has 0 saturated heterocycles. The van der Waals surface area contributed by atoms with Gasteiger partial charge in [-0.15, -0.1) is 0 Å². The molecule has 0 unspecified atom stereocenters. The number of nitrogens with zero attached hydrogens (tertiary/aromatic N) is 2. The van der Waals surface area contributed by atoms with E-state index in [0.717, 1.165) is 5.52 Å². The fourth-order valence-electron chi connectivity index (χ4n) is 2.97. The molecular formula is C20H18N6O4. The van der Waals surface area contributed by atoms with Gasteiger partial charge in [-0.1, -0.05) is 18.2 Å². The zero-order valence-corrected chi connectivity index (χ0v) is 16.1. The second-order valence-electron chi connectivity index (χ2n) is 6.17. The van der Waals surface area contributed by atoms with Crippen LogP contribution < -0.4 is 20.1 Å². The van der Waals surface area contributed by atoms with Gasteiger partial charge < -0.3 is 24.8 Å². The molecule has 152 valence electrons. The lowest BCUT2D eigenvalue weighted by Crippen LogP contribution is -2.21. The Morgan fingerprint density at radius 2 is 1.67 bits per heavy atom. The number of fused-ring (bicyclic) bond motifs is 1. The van der Waals surface area contributed by atoms with Crippen LogP contribution in [0, 0.1) is 0 Å². The first-order valence-corrected chi connectivity index (χ1v) is 8.92. The number of aromatic nitrogens is 4. The molecule has 0 saturated carbocycles. The van der Waals surface area contributed by atoms with E-state index in [2.05, 4.69) is 30.6 Å². The molecule has 2 aromatic heterocycles. The van der Waals surface area contributed by atoms with E-state index in [0.29, 0.717) is 22.7 Å². The Morgan fingerprint density at radius 3 is 2.37 bits per heavy atom. The van der Waals surface area contributed by atoms with E-state index in [-0.39, 0.29) is 17.3 Å². The lowest BCUT2D eigenvalue weighted by molar-refractivity contribution is 0.0985. The summed E-state index contributed by atoms with van der Waals surface area (Å²) in [5, 5.41) is 5.32. The van der Waals surface area contributed by atoms with E-state index in [1.54, 1.807) is 18.2 Å². The molecule has 4 N–H and O–H groups in total. The molecule has 0 spiro atoms. The highest BCUT2D eigenvalue weighted by molar-refractivity contribution is 6.13. The smallest absolute Gasteiger partial charge is 0.276 e. The summed E-state index contributed by atoms with van der Waals surface area (Å²) in [5.74, 6) is -0.0934. The molecule has 2 aromatic carbocycles. The van der Waals surface area contributed by atoms with Crippen LogP contribution in [0.4, 0.5) is 11.6 Å². The third-order valence-corrected chi connectivity index (χ3v) is 4.37. The summed E-state index contributed by atoms with van der Waals surface area (Å²) >= 11 is 0. The minimum Gasteiger partial charge on any atom is -0.494 e. The van der Waals surface area contributed by atoms with Gasteiger partial charge in [-0.25, -0.2) is 9.97 Å². The molecule has 30 heavy (non-hydrogen) atoms. The monoisotopic (exact) mass is 406 g/mol. The quantitative estimate of drug-likeness (QED) is 0.389. The number of amides is 2. The van der Waals surface area contributed by atoms with Gasteiger partial charge in [0.05, 0.1) is 31.6 Å². The SMILES string of the molecule is COc1cccc(OC)c1NC(=O)c1nc[nH]c1C(=O)Nc1nc2ccccc2[nH]1. The van der Waals surface area contributed by atoms with Gasteiger partial charge in [-0.05, 0) is 24.3 Å². The zero-order chi connectivity index (χ0) is 21.1. The van der Waals surface area contributed by atoms with Crippen LogP contribution in [0.2, 0.25) is 0 Å². The van der Waals surface area contributed by atoms with Crippen LogP contribution >= 0.6 is 0 Å². The maximum Gasteiger partial charge on any atom is 0.276 e. The van der Waals surface area contributed by atoms with E-state index in [4.69, 9.17) is 9.47 Å². The highest BCUT2D eigenvalue weighted by Gasteiger charge is 2.23. The first-order chi connectivity index (χ1) is 14.6. The number of benzene rings is 2. The van der Waals surface area contributed by atoms with Crippen molar-refractivity contribution in [3.8, 4) is 11.5 Å². The predicted octanol–water partition coefficient (Wildman–Crippen LogP) is 2.81. The second kappa shape index (κ2) is 7.95. The number of hydrogen-bond acceptors (Lipinski definition) is 6. The maximum absolute atomic E-state index is 12.8. The molecule has 2 amide bonds. The first-order valence-electron chi connectivity index (χ1n) is 8.92. The maximum atomic E-state index is 12.8. The molecule has 0 atom stereocenters. The van der Waals surface area contributed by atoms with Crippen molar-refractivity contribution >= 4 is 34.5 Å². The van der Waals surface area contributed by atoms with Crippen molar-refractivity contribution < 1.29 is 19.1 Å². The summed E-state index contributed by atoms with van der Waals surface area (Å²) in [4.78, 5) is 39.5. The molecule has 4 rings (SSSR count). The van der Waals surface area contributed by atoms with Crippen LogP contribution in [0.1, 0.15) is 21.0 Å². The first kappa shape index (κ1) is 19.0. The predicted molar refractivity (Wildman–Crippen MR) is 110 cm³/mol. The van der Waals surface area contributed by atoms with E-state index in [1.807, 2.05) is 24.3 Å². The lowest BCUT2D eigenvalue weighted by Gasteiger charge is -2.13. The molecule has 10 nitrogen and oxygen atoms in total. The van der Waals surface area contributed by atoms with Crippen LogP contribution in [0.3, 0.4) is 0 Å². The van der Waals surface area contributed by atoms with Crippen molar-refractivity contribution in [2.24, 2.45) is 0 Å². The summed E-state index contributed by atoms with van der Waals surface area (Å²) in [6.07, 6.45) is 1.27. The number of anilines is 2. The molecular weight excluding hydrogens is 388 g/mol. The Bertz CT molecular complexity index is 1170. The molecule has 0 aliphatic rings. The number of carbonyl (C=O) groups is 2. The third-order valence-electron chi connectivity index (χ3n) is 4.37. The van der Waals surface area contributed by atoms with E-state index < -0.39 is 11.8 Å². The summed E-state index contributed by atoms with van der Waals surface area (Å²) in [5.41, 5.74) is 1.72. The number of para-hydroxylation sites is 3. The Balaban J connectivity index is 1.57. The topological polar surface area (TPSA) is 134 Å². The van der Waals surface area contributed by atoms with Crippen molar-refractivity contribution in [2.45, 2.75) is 0 Å². The molecule has 10 heteroatoms. The average Bonchev–Trinajstić information content (AvgIpc) is 3.40. The second-order valence-corrected chi connectivity index (χ2v) is 6.17. The van der Waals surface area contributed by atoms with E-state index >= 15 is 0 Å². The lowest BCUT2D eigenvalue weighted by atomic mass is 10.2. The average molecular weight is 406 g/mol. The number of aromatic amines is 2. The van der Waals surface area contributed by atoms with Gasteiger partial charge in [-0.3, -0.25) is 14.9 Å². The van der Waals surface area contributed by atoms with Crippen LogP contribution in [-0.4, -0.2) is 46.0 Å². The Morgan fingerprint density at radius 1 is 0.933 bits per heavy atom. The van der Waals surface area contributed by atoms with Gasteiger partial charge in [0.25, 0.3) is 11.8 Å². The summed E-state index contributed by atoms with van der Waals surface area (Å²) in [6.45, 7) is 0. The van der Waals surface area contributed by atoms with Gasteiger partial charge in [-0.2, -0.15) is 0 Å². The minimum atomic E-state index is -0.603. The molecule has 2 heterocycles. The Hall–Kier alpha value is -4.34. The number of rotatable bonds is 6. The van der Waals surface area contributed by atoms with Crippen molar-refractivity contribution in [1.29, 1.82) is 0 Å². The molecule has 0 fully saturated rings. The number of nitrogens with one attached hydrogen (secondary N) is 4. The summed E-state index contributed by atoms with van der Waals surface area (Å²) in [7, 11) is 2.95. The van der Waals surface area contributed by atoms with Gasteiger partial charge in [0.1, 0.15) is 22.9 Å². The number of ether oxygens (including phenoxy) is 2. The van der Waals surface area contributed by atoms with Crippen molar-refractivity contribution in [2.75, 3.05) is 24.9 Å². The van der Waals surface area contributed by atoms with E-state index in [9.17, 15) is 9.59 Å². The normalized spacial score (nSPS) is 10.6. The van der Waals surface area contributed by atoms with Gasteiger partial charge in [0, 0.05) is 0 Å². The van der Waals surface area contributed by atoms with Crippen molar-refractivity contribution in [1.82, 2.24) is 19.9 Å².